The Morgan fingerprint density at radius 2 is 0.762 bits per heavy atom. The zero-order valence-corrected chi connectivity index (χ0v) is 54.4. The molecule has 0 aliphatic rings. The highest BCUT2D eigenvalue weighted by atomic mass is 31.2. The first-order chi connectivity index (χ1) is 38.9. The maximum absolute atomic E-state index is 13.6. The van der Waals surface area contributed by atoms with Gasteiger partial charge in [0, 0.05) is 12.8 Å². The molecule has 0 heterocycles. The predicted molar refractivity (Wildman–Crippen MR) is 344 cm³/mol. The standard InChI is InChI=1S/C70H131N2O7P/c1-7-10-13-16-19-22-25-28-30-32-33-34-35-36-37-38-39-41-43-45-48-51-54-57-60-63-70(74)79-68(61-58-55-52-49-46-27-24-21-18-15-12-9-3)67(66-78-80(75,76)77-65-64-72(4,5)6)71-69(73)62-59-56-53-50-47-44-42-40-31-29-26-23-20-17-14-11-8-2/h19,22,28-31,33-34,58,61,67-68H,7-18,20-21,23-27,32,35-57,59-60,62-66H2,1-6H3,(H-,71,73,75,76)/b22-19-,30-28-,31-29+,34-33-,61-58-. The van der Waals surface area contributed by atoms with Crippen LogP contribution in [0, 0.1) is 0 Å². The highest BCUT2D eigenvalue weighted by Gasteiger charge is 2.27. The minimum absolute atomic E-state index is 0.0235. The summed E-state index contributed by atoms with van der Waals surface area (Å²) in [6, 6.07) is -0.892. The molecule has 0 aliphatic carbocycles. The second kappa shape index (κ2) is 59.9. The number of phosphoric ester groups is 1. The van der Waals surface area contributed by atoms with Gasteiger partial charge in [-0.25, -0.2) is 0 Å². The summed E-state index contributed by atoms with van der Waals surface area (Å²) in [5, 5.41) is 3.04. The predicted octanol–water partition coefficient (Wildman–Crippen LogP) is 20.8. The molecule has 468 valence electrons. The Bertz CT molecular complexity index is 1550. The van der Waals surface area contributed by atoms with Crippen LogP contribution in [0.1, 0.15) is 323 Å². The molecule has 0 bridgehead atoms. The number of carbonyl (C=O) groups is 2. The third-order valence-electron chi connectivity index (χ3n) is 15.2. The largest absolute Gasteiger partial charge is 0.756 e. The molecule has 0 saturated heterocycles. The van der Waals surface area contributed by atoms with E-state index in [0.717, 1.165) is 83.5 Å². The fourth-order valence-electron chi connectivity index (χ4n) is 9.88. The van der Waals surface area contributed by atoms with Crippen molar-refractivity contribution in [2.24, 2.45) is 0 Å². The molecule has 10 heteroatoms. The van der Waals surface area contributed by atoms with Gasteiger partial charge in [-0.3, -0.25) is 14.2 Å². The first-order valence-electron chi connectivity index (χ1n) is 34.1. The van der Waals surface area contributed by atoms with Gasteiger partial charge in [-0.2, -0.15) is 0 Å². The number of hydrogen-bond acceptors (Lipinski definition) is 7. The molecule has 0 aromatic rings. The molecule has 0 spiro atoms. The van der Waals surface area contributed by atoms with Crippen molar-refractivity contribution < 1.29 is 37.3 Å². The normalized spacial score (nSPS) is 13.9. The number of unbranched alkanes of at least 4 members (excludes halogenated alkanes) is 38. The van der Waals surface area contributed by atoms with Crippen LogP contribution in [0.4, 0.5) is 0 Å². The zero-order valence-electron chi connectivity index (χ0n) is 53.5. The van der Waals surface area contributed by atoms with Crippen LogP contribution in [0.25, 0.3) is 0 Å². The summed E-state index contributed by atoms with van der Waals surface area (Å²) in [6.07, 6.45) is 76.2. The lowest BCUT2D eigenvalue weighted by Gasteiger charge is -2.30. The Morgan fingerprint density at radius 1 is 0.438 bits per heavy atom. The lowest BCUT2D eigenvalue weighted by atomic mass is 10.0. The first-order valence-corrected chi connectivity index (χ1v) is 35.6. The SMILES string of the molecule is CCCCC/C=C\C/C=C\C/C=C\CCCCCCCCCCCCCCC(=O)OC(/C=C\CCCCCCCCCCCC)C(COP(=O)([O-])OCC[N+](C)(C)C)NC(=O)CCCCCCCCC/C=C/CCCCCCCC. The van der Waals surface area contributed by atoms with Crippen LogP contribution >= 0.6 is 7.82 Å². The number of esters is 1. The van der Waals surface area contributed by atoms with E-state index in [1.54, 1.807) is 0 Å². The monoisotopic (exact) mass is 1140 g/mol. The van der Waals surface area contributed by atoms with Crippen LogP contribution in [0.2, 0.25) is 0 Å². The van der Waals surface area contributed by atoms with E-state index in [1.807, 2.05) is 33.3 Å². The van der Waals surface area contributed by atoms with Gasteiger partial charge in [0.2, 0.25) is 5.91 Å². The molecule has 1 amide bonds. The average Bonchev–Trinajstić information content (AvgIpc) is 3.42. The molecule has 3 unspecified atom stereocenters. The summed E-state index contributed by atoms with van der Waals surface area (Å²) in [6.45, 7) is 6.84. The van der Waals surface area contributed by atoms with Gasteiger partial charge >= 0.3 is 5.97 Å². The Kier molecular flexibility index (Phi) is 58.1. The molecule has 0 aromatic carbocycles. The molecule has 0 fully saturated rings. The maximum Gasteiger partial charge on any atom is 0.306 e. The summed E-state index contributed by atoms with van der Waals surface area (Å²) < 4.78 is 30.4. The average molecular weight is 1140 g/mol. The summed E-state index contributed by atoms with van der Waals surface area (Å²) in [5.41, 5.74) is 0. The minimum atomic E-state index is -4.70. The van der Waals surface area contributed by atoms with Gasteiger partial charge in [-0.15, -0.1) is 0 Å². The molecule has 0 rings (SSSR count). The van der Waals surface area contributed by atoms with Crippen molar-refractivity contribution >= 4 is 19.7 Å². The van der Waals surface area contributed by atoms with E-state index in [1.165, 1.54) is 205 Å². The molecule has 0 aromatic heterocycles. The molecule has 0 saturated carbocycles. The maximum atomic E-state index is 13.6. The van der Waals surface area contributed by atoms with Crippen LogP contribution in [0.15, 0.2) is 60.8 Å². The third-order valence-corrected chi connectivity index (χ3v) is 16.1. The number of amides is 1. The first kappa shape index (κ1) is 77.7. The van der Waals surface area contributed by atoms with Gasteiger partial charge in [-0.1, -0.05) is 275 Å². The van der Waals surface area contributed by atoms with Crippen LogP contribution in [-0.2, 0) is 27.9 Å². The van der Waals surface area contributed by atoms with Crippen molar-refractivity contribution in [1.29, 1.82) is 0 Å². The molecule has 0 aliphatic heterocycles. The van der Waals surface area contributed by atoms with Crippen molar-refractivity contribution in [3.8, 4) is 0 Å². The Balaban J connectivity index is 5.10. The number of hydrogen-bond donors (Lipinski definition) is 1. The zero-order chi connectivity index (χ0) is 58.6. The van der Waals surface area contributed by atoms with E-state index in [9.17, 15) is 19.0 Å². The number of likely N-dealkylation sites (N-methyl/N-ethyl adjacent to an activating group) is 1. The van der Waals surface area contributed by atoms with Gasteiger partial charge in [0.25, 0.3) is 7.82 Å². The van der Waals surface area contributed by atoms with E-state index in [4.69, 9.17) is 13.8 Å². The third kappa shape index (κ3) is 60.3. The van der Waals surface area contributed by atoms with E-state index in [-0.39, 0.29) is 31.5 Å². The molecular formula is C70H131N2O7P. The van der Waals surface area contributed by atoms with Crippen LogP contribution in [-0.4, -0.2) is 69.4 Å². The van der Waals surface area contributed by atoms with Crippen molar-refractivity contribution in [3.63, 3.8) is 0 Å². The van der Waals surface area contributed by atoms with Crippen molar-refractivity contribution in [2.45, 2.75) is 335 Å². The van der Waals surface area contributed by atoms with Gasteiger partial charge < -0.3 is 28.5 Å². The van der Waals surface area contributed by atoms with Gasteiger partial charge in [0.15, 0.2) is 0 Å². The Morgan fingerprint density at radius 3 is 1.18 bits per heavy atom. The molecular weight excluding hydrogens is 1010 g/mol. The number of nitrogens with zero attached hydrogens (tertiary/aromatic N) is 1. The molecule has 3 atom stereocenters. The number of carbonyl (C=O) groups excluding carboxylic acids is 2. The van der Waals surface area contributed by atoms with Crippen molar-refractivity contribution in [3.05, 3.63) is 60.8 Å². The number of ether oxygens (including phenoxy) is 1. The lowest BCUT2D eigenvalue weighted by molar-refractivity contribution is -0.870. The number of nitrogens with one attached hydrogen (secondary N) is 1. The van der Waals surface area contributed by atoms with Gasteiger partial charge in [-0.05, 0) is 96.0 Å². The summed E-state index contributed by atoms with van der Waals surface area (Å²) in [7, 11) is 1.19. The lowest BCUT2D eigenvalue weighted by Crippen LogP contribution is -2.47. The highest BCUT2D eigenvalue weighted by molar-refractivity contribution is 7.45. The van der Waals surface area contributed by atoms with Crippen LogP contribution < -0.4 is 10.2 Å². The second-order valence-corrected chi connectivity index (χ2v) is 25.7. The quantitative estimate of drug-likeness (QED) is 0.0212. The summed E-state index contributed by atoms with van der Waals surface area (Å²) >= 11 is 0. The highest BCUT2D eigenvalue weighted by Crippen LogP contribution is 2.38. The molecule has 1 N–H and O–H groups in total. The number of rotatable bonds is 62. The Hall–Kier alpha value is -2.29. The second-order valence-electron chi connectivity index (χ2n) is 24.3. The topological polar surface area (TPSA) is 114 Å². The summed E-state index contributed by atoms with van der Waals surface area (Å²) in [5.74, 6) is -0.538. The number of allylic oxidation sites excluding steroid dienone is 9. The van der Waals surface area contributed by atoms with Crippen LogP contribution in [0.5, 0.6) is 0 Å². The number of phosphoric acid groups is 1. The minimum Gasteiger partial charge on any atom is -0.756 e. The summed E-state index contributed by atoms with van der Waals surface area (Å²) in [4.78, 5) is 40.1. The van der Waals surface area contributed by atoms with Gasteiger partial charge in [0.05, 0.1) is 33.8 Å². The van der Waals surface area contributed by atoms with E-state index >= 15 is 0 Å². The van der Waals surface area contributed by atoms with Gasteiger partial charge in [0.1, 0.15) is 19.3 Å². The van der Waals surface area contributed by atoms with Crippen molar-refractivity contribution in [2.75, 3.05) is 40.9 Å². The van der Waals surface area contributed by atoms with E-state index in [0.29, 0.717) is 17.4 Å². The molecule has 80 heavy (non-hydrogen) atoms. The molecule has 9 nitrogen and oxygen atoms in total. The fourth-order valence-corrected chi connectivity index (χ4v) is 10.6. The van der Waals surface area contributed by atoms with Crippen LogP contribution in [0.3, 0.4) is 0 Å². The van der Waals surface area contributed by atoms with Crippen molar-refractivity contribution in [1.82, 2.24) is 5.32 Å². The smallest absolute Gasteiger partial charge is 0.306 e. The van der Waals surface area contributed by atoms with E-state index in [2.05, 4.69) is 74.7 Å². The molecule has 0 radical (unpaired) electrons. The fraction of sp³-hybridized carbons (Fsp3) is 0.829. The van der Waals surface area contributed by atoms with E-state index < -0.39 is 20.0 Å². The number of quaternary nitrogens is 1. The Labute approximate surface area is 496 Å².